The fourth-order valence-electron chi connectivity index (χ4n) is 3.68. The average molecular weight is 453 g/mol. The highest BCUT2D eigenvalue weighted by Crippen LogP contribution is 2.31. The first kappa shape index (κ1) is 24.1. The highest BCUT2D eigenvalue weighted by atomic mass is 16.5. The van der Waals surface area contributed by atoms with Gasteiger partial charge in [-0.2, -0.15) is 0 Å². The fourth-order valence-corrected chi connectivity index (χ4v) is 3.68. The molecule has 0 aliphatic heterocycles. The number of urea groups is 1. The number of amides is 2. The molecular weight excluding hydrogens is 420 g/mol. The topological polar surface area (TPSA) is 86.9 Å². The van der Waals surface area contributed by atoms with Gasteiger partial charge < -0.3 is 29.6 Å². The van der Waals surface area contributed by atoms with Crippen molar-refractivity contribution in [3.05, 3.63) is 64.4 Å². The third-order valence-electron chi connectivity index (χ3n) is 5.68. The number of rotatable bonds is 10. The Morgan fingerprint density at radius 3 is 2.27 bits per heavy atom. The maximum Gasteiger partial charge on any atom is 0.322 e. The molecule has 8 nitrogen and oxygen atoms in total. The van der Waals surface area contributed by atoms with Crippen LogP contribution in [0, 0.1) is 0 Å². The summed E-state index contributed by atoms with van der Waals surface area (Å²) in [5.74, 6) is 1.11. The van der Waals surface area contributed by atoms with Gasteiger partial charge in [-0.3, -0.25) is 4.79 Å². The number of likely N-dealkylation sites (N-methyl/N-ethyl adjacent to an activating group) is 1. The third kappa shape index (κ3) is 6.04. The van der Waals surface area contributed by atoms with Crippen LogP contribution in [0.2, 0.25) is 0 Å². The van der Waals surface area contributed by atoms with Crippen LogP contribution in [0.15, 0.2) is 53.3 Å². The van der Waals surface area contributed by atoms with Crippen LogP contribution in [0.3, 0.4) is 0 Å². The number of anilines is 1. The zero-order valence-corrected chi connectivity index (χ0v) is 19.7. The Hall–Kier alpha value is -3.52. The van der Waals surface area contributed by atoms with E-state index in [1.54, 1.807) is 31.3 Å². The molecule has 33 heavy (non-hydrogen) atoms. The van der Waals surface area contributed by atoms with Crippen molar-refractivity contribution in [3.8, 4) is 11.5 Å². The van der Waals surface area contributed by atoms with E-state index in [9.17, 15) is 9.59 Å². The van der Waals surface area contributed by atoms with E-state index >= 15 is 0 Å². The number of carbonyl (C=O) groups is 1. The summed E-state index contributed by atoms with van der Waals surface area (Å²) in [5, 5.41) is 3.73. The molecule has 1 heterocycles. The van der Waals surface area contributed by atoms with E-state index in [1.807, 2.05) is 36.4 Å². The lowest BCUT2D eigenvalue weighted by atomic mass is 10.1. The summed E-state index contributed by atoms with van der Waals surface area (Å²) < 4.78 is 10.7. The van der Waals surface area contributed by atoms with Crippen LogP contribution in [0.25, 0.3) is 10.9 Å². The fraction of sp³-hybridized carbons (Fsp3) is 0.360. The van der Waals surface area contributed by atoms with Crippen LogP contribution in [-0.2, 0) is 6.54 Å². The van der Waals surface area contributed by atoms with Gasteiger partial charge in [0, 0.05) is 35.8 Å². The number of fused-ring (bicyclic) bond motifs is 1. The van der Waals surface area contributed by atoms with E-state index < -0.39 is 0 Å². The molecule has 176 valence electrons. The molecule has 0 saturated carbocycles. The molecule has 1 aromatic heterocycles. The Morgan fingerprint density at radius 1 is 0.970 bits per heavy atom. The number of hydrogen-bond acceptors (Lipinski definition) is 5. The van der Waals surface area contributed by atoms with Crippen molar-refractivity contribution in [2.45, 2.75) is 20.4 Å². The molecular formula is C25H32N4O4. The van der Waals surface area contributed by atoms with Gasteiger partial charge in [0.1, 0.15) is 0 Å². The minimum atomic E-state index is -0.250. The van der Waals surface area contributed by atoms with E-state index in [0.717, 1.165) is 18.5 Å². The number of para-hydroxylation sites is 1. The summed E-state index contributed by atoms with van der Waals surface area (Å²) in [6.45, 7) is 7.35. The minimum Gasteiger partial charge on any atom is -0.493 e. The van der Waals surface area contributed by atoms with Gasteiger partial charge in [0.25, 0.3) is 5.56 Å². The van der Waals surface area contributed by atoms with Crippen LogP contribution in [0.4, 0.5) is 10.5 Å². The lowest BCUT2D eigenvalue weighted by Crippen LogP contribution is -2.41. The Kier molecular flexibility index (Phi) is 8.32. The summed E-state index contributed by atoms with van der Waals surface area (Å²) in [5.41, 5.74) is 1.61. The monoisotopic (exact) mass is 452 g/mol. The van der Waals surface area contributed by atoms with E-state index in [1.165, 1.54) is 0 Å². The smallest absolute Gasteiger partial charge is 0.322 e. The first-order valence-electron chi connectivity index (χ1n) is 11.1. The zero-order chi connectivity index (χ0) is 23.8. The Morgan fingerprint density at radius 2 is 1.64 bits per heavy atom. The van der Waals surface area contributed by atoms with Crippen LogP contribution in [0.1, 0.15) is 19.4 Å². The predicted octanol–water partition coefficient (Wildman–Crippen LogP) is 3.92. The molecule has 0 aliphatic rings. The van der Waals surface area contributed by atoms with E-state index in [2.05, 4.69) is 29.0 Å². The van der Waals surface area contributed by atoms with Gasteiger partial charge in [-0.25, -0.2) is 4.79 Å². The number of benzene rings is 2. The second kappa shape index (κ2) is 11.4. The van der Waals surface area contributed by atoms with E-state index in [0.29, 0.717) is 41.4 Å². The van der Waals surface area contributed by atoms with Gasteiger partial charge in [0.05, 0.1) is 26.3 Å². The van der Waals surface area contributed by atoms with Crippen molar-refractivity contribution in [1.82, 2.24) is 14.8 Å². The van der Waals surface area contributed by atoms with Crippen molar-refractivity contribution in [3.63, 3.8) is 0 Å². The number of ether oxygens (including phenoxy) is 2. The number of pyridine rings is 1. The summed E-state index contributed by atoms with van der Waals surface area (Å²) in [6.07, 6.45) is 0. The molecule has 0 aliphatic carbocycles. The van der Waals surface area contributed by atoms with Gasteiger partial charge in [-0.05, 0) is 37.4 Å². The maximum absolute atomic E-state index is 13.1. The molecule has 0 bridgehead atoms. The molecule has 0 fully saturated rings. The predicted molar refractivity (Wildman–Crippen MR) is 131 cm³/mol. The van der Waals surface area contributed by atoms with Gasteiger partial charge in [0.15, 0.2) is 11.5 Å². The van der Waals surface area contributed by atoms with E-state index in [4.69, 9.17) is 9.47 Å². The number of carbonyl (C=O) groups excluding carboxylic acids is 1. The highest BCUT2D eigenvalue weighted by Gasteiger charge is 2.18. The number of aromatic nitrogens is 1. The first-order chi connectivity index (χ1) is 16.0. The zero-order valence-electron chi connectivity index (χ0n) is 19.7. The molecule has 2 N–H and O–H groups in total. The lowest BCUT2D eigenvalue weighted by Gasteiger charge is -2.26. The van der Waals surface area contributed by atoms with Gasteiger partial charge in [0.2, 0.25) is 0 Å². The number of methoxy groups -OCH3 is 2. The summed E-state index contributed by atoms with van der Waals surface area (Å²) in [7, 11) is 3.12. The van der Waals surface area contributed by atoms with Crippen molar-refractivity contribution in [2.75, 3.05) is 45.7 Å². The largest absolute Gasteiger partial charge is 0.493 e. The first-order valence-corrected chi connectivity index (χ1v) is 11.1. The summed E-state index contributed by atoms with van der Waals surface area (Å²) in [4.78, 5) is 32.8. The summed E-state index contributed by atoms with van der Waals surface area (Å²) >= 11 is 0. The van der Waals surface area contributed by atoms with Gasteiger partial charge in [-0.1, -0.05) is 32.0 Å². The minimum absolute atomic E-state index is 0.180. The molecule has 2 amide bonds. The van der Waals surface area contributed by atoms with Crippen molar-refractivity contribution >= 4 is 22.6 Å². The molecule has 0 spiro atoms. The number of hydrogen-bond donors (Lipinski definition) is 2. The summed E-state index contributed by atoms with van der Waals surface area (Å²) in [6, 6.07) is 14.4. The molecule has 0 atom stereocenters. The number of aromatic amines is 1. The average Bonchev–Trinajstić information content (AvgIpc) is 2.83. The SMILES string of the molecule is CCN(CC)CCN(Cc1cc2cc(OC)c(OC)cc2[nH]c1=O)C(=O)Nc1ccccc1. The number of H-pyrrole nitrogens is 1. The highest BCUT2D eigenvalue weighted by molar-refractivity contribution is 5.89. The van der Waals surface area contributed by atoms with E-state index in [-0.39, 0.29) is 18.1 Å². The van der Waals surface area contributed by atoms with Gasteiger partial charge in [-0.15, -0.1) is 0 Å². The van der Waals surface area contributed by atoms with Gasteiger partial charge >= 0.3 is 6.03 Å². The molecule has 0 radical (unpaired) electrons. The second-order valence-electron chi connectivity index (χ2n) is 7.66. The molecule has 0 unspecified atom stereocenters. The molecule has 0 saturated heterocycles. The van der Waals surface area contributed by atoms with Crippen molar-refractivity contribution in [1.29, 1.82) is 0 Å². The van der Waals surface area contributed by atoms with Crippen LogP contribution in [0.5, 0.6) is 11.5 Å². The van der Waals surface area contributed by atoms with Crippen LogP contribution in [-0.4, -0.2) is 61.2 Å². The third-order valence-corrected chi connectivity index (χ3v) is 5.68. The Balaban J connectivity index is 1.90. The van der Waals surface area contributed by atoms with Crippen LogP contribution >= 0.6 is 0 Å². The maximum atomic E-state index is 13.1. The quantitative estimate of drug-likeness (QED) is 0.487. The van der Waals surface area contributed by atoms with Crippen LogP contribution < -0.4 is 20.3 Å². The second-order valence-corrected chi connectivity index (χ2v) is 7.66. The number of nitrogens with one attached hydrogen (secondary N) is 2. The lowest BCUT2D eigenvalue weighted by molar-refractivity contribution is 0.194. The van der Waals surface area contributed by atoms with Crippen molar-refractivity contribution < 1.29 is 14.3 Å². The molecule has 8 heteroatoms. The molecule has 2 aromatic carbocycles. The molecule has 3 rings (SSSR count). The standard InChI is InChI=1S/C25H32N4O4/c1-5-28(6-2)12-13-29(25(31)26-20-10-8-7-9-11-20)17-19-14-18-15-22(32-3)23(33-4)16-21(18)27-24(19)30/h7-11,14-16H,5-6,12-13,17H2,1-4H3,(H,26,31)(H,27,30). The Labute approximate surface area is 194 Å². The molecule has 3 aromatic rings. The van der Waals surface area contributed by atoms with Crippen molar-refractivity contribution in [2.24, 2.45) is 0 Å². The normalized spacial score (nSPS) is 10.9. The Bertz CT molecular complexity index is 1130. The number of nitrogens with zero attached hydrogens (tertiary/aromatic N) is 2.